The van der Waals surface area contributed by atoms with Gasteiger partial charge in [0.05, 0.1) is 0 Å². The highest BCUT2D eigenvalue weighted by Gasteiger charge is 2.08. The Labute approximate surface area is 118 Å². The molecule has 0 amide bonds. The molecule has 5 N–H and O–H groups in total. The van der Waals surface area contributed by atoms with E-state index in [1.54, 1.807) is 18.5 Å². The first-order valence-corrected chi connectivity index (χ1v) is 6.62. The number of benzene rings is 1. The molecule has 0 bridgehead atoms. The molecule has 20 heavy (non-hydrogen) atoms. The van der Waals surface area contributed by atoms with Crippen LogP contribution in [0.3, 0.4) is 0 Å². The quantitative estimate of drug-likeness (QED) is 0.487. The Morgan fingerprint density at radius 2 is 2.00 bits per heavy atom. The Morgan fingerprint density at radius 3 is 2.80 bits per heavy atom. The molecular weight excluding hydrogens is 274 g/mol. The number of nitrogen functional groups attached to an aromatic ring is 2. The Hall–Kier alpha value is -2.54. The summed E-state index contributed by atoms with van der Waals surface area (Å²) in [5.41, 5.74) is 11.9. The monoisotopic (exact) mass is 285 g/mol. The lowest BCUT2D eigenvalue weighted by Crippen LogP contribution is -2.09. The summed E-state index contributed by atoms with van der Waals surface area (Å²) in [5.74, 6) is 0.192. The molecule has 0 aliphatic rings. The molecular formula is C13H11N5OS. The van der Waals surface area contributed by atoms with E-state index in [0.717, 1.165) is 15.7 Å². The second-order valence-corrected chi connectivity index (χ2v) is 5.18. The molecule has 100 valence electrons. The second-order valence-electron chi connectivity index (χ2n) is 4.15. The maximum Gasteiger partial charge on any atom is 0.253 e. The van der Waals surface area contributed by atoms with Gasteiger partial charge in [-0.1, -0.05) is 11.8 Å². The molecule has 7 heteroatoms. The lowest BCUT2D eigenvalue weighted by Gasteiger charge is -2.07. The van der Waals surface area contributed by atoms with Crippen molar-refractivity contribution in [2.75, 3.05) is 11.5 Å². The minimum Gasteiger partial charge on any atom is -0.398 e. The van der Waals surface area contributed by atoms with Crippen LogP contribution in [0.1, 0.15) is 0 Å². The van der Waals surface area contributed by atoms with Crippen LogP contribution in [-0.4, -0.2) is 15.0 Å². The average molecular weight is 285 g/mol. The molecule has 0 spiro atoms. The summed E-state index contributed by atoms with van der Waals surface area (Å²) in [7, 11) is 0. The molecule has 6 nitrogen and oxygen atoms in total. The topological polar surface area (TPSA) is 111 Å². The van der Waals surface area contributed by atoms with Crippen LogP contribution in [0.15, 0.2) is 51.5 Å². The Morgan fingerprint density at radius 1 is 1.15 bits per heavy atom. The Balaban J connectivity index is 2.11. The third-order valence-electron chi connectivity index (χ3n) is 2.76. The van der Waals surface area contributed by atoms with E-state index in [1.807, 2.05) is 12.1 Å². The maximum absolute atomic E-state index is 11.4. The van der Waals surface area contributed by atoms with E-state index in [2.05, 4.69) is 15.0 Å². The molecule has 0 unspecified atom stereocenters. The van der Waals surface area contributed by atoms with Gasteiger partial charge >= 0.3 is 0 Å². The van der Waals surface area contributed by atoms with Gasteiger partial charge in [-0.15, -0.1) is 0 Å². The number of hydrogen-bond donors (Lipinski definition) is 3. The number of H-pyrrole nitrogens is 1. The van der Waals surface area contributed by atoms with Gasteiger partial charge in [-0.3, -0.25) is 9.78 Å². The van der Waals surface area contributed by atoms with E-state index in [4.69, 9.17) is 11.5 Å². The summed E-state index contributed by atoms with van der Waals surface area (Å²) in [4.78, 5) is 23.1. The first-order valence-electron chi connectivity index (χ1n) is 5.80. The number of nitrogens with two attached hydrogens (primary N) is 2. The van der Waals surface area contributed by atoms with E-state index in [9.17, 15) is 4.79 Å². The molecule has 2 aromatic heterocycles. The largest absolute Gasteiger partial charge is 0.398 e. The summed E-state index contributed by atoms with van der Waals surface area (Å²) in [6, 6.07) is 6.80. The van der Waals surface area contributed by atoms with Gasteiger partial charge in [0.2, 0.25) is 0 Å². The van der Waals surface area contributed by atoms with Gasteiger partial charge in [-0.2, -0.15) is 0 Å². The van der Waals surface area contributed by atoms with E-state index < -0.39 is 0 Å². The number of fused-ring (bicyclic) bond motifs is 1. The van der Waals surface area contributed by atoms with Crippen LogP contribution in [0.2, 0.25) is 0 Å². The first-order chi connectivity index (χ1) is 9.63. The Bertz CT molecular complexity index is 846. The van der Waals surface area contributed by atoms with Crippen LogP contribution in [-0.2, 0) is 0 Å². The number of rotatable bonds is 2. The highest BCUT2D eigenvalue weighted by molar-refractivity contribution is 7.99. The van der Waals surface area contributed by atoms with Gasteiger partial charge in [0.1, 0.15) is 5.82 Å². The van der Waals surface area contributed by atoms with Crippen molar-refractivity contribution in [3.8, 4) is 0 Å². The molecule has 0 saturated carbocycles. The summed E-state index contributed by atoms with van der Waals surface area (Å²) < 4.78 is 0. The Kier molecular flexibility index (Phi) is 3.03. The van der Waals surface area contributed by atoms with Crippen LogP contribution < -0.4 is 17.0 Å². The average Bonchev–Trinajstić information content (AvgIpc) is 2.41. The zero-order valence-corrected chi connectivity index (χ0v) is 11.1. The van der Waals surface area contributed by atoms with Gasteiger partial charge in [-0.05, 0) is 18.2 Å². The van der Waals surface area contributed by atoms with E-state index in [1.165, 1.54) is 17.8 Å². The van der Waals surface area contributed by atoms with Crippen molar-refractivity contribution in [1.29, 1.82) is 0 Å². The smallest absolute Gasteiger partial charge is 0.253 e. The van der Waals surface area contributed by atoms with Crippen molar-refractivity contribution >= 4 is 34.0 Å². The minimum atomic E-state index is -0.276. The van der Waals surface area contributed by atoms with Crippen molar-refractivity contribution in [1.82, 2.24) is 15.0 Å². The number of aromatic amines is 1. The standard InChI is InChI=1S/C13H11N5OS/c14-9-1-2-10(7-3-4-16-6-8(7)9)20-13-17-11(15)5-12(19)18-13/h1-6H,14H2,(H3,15,17,18,19). The molecule has 0 aliphatic heterocycles. The van der Waals surface area contributed by atoms with Gasteiger partial charge in [0.25, 0.3) is 5.56 Å². The number of hydrogen-bond acceptors (Lipinski definition) is 6. The molecule has 1 aromatic carbocycles. The highest BCUT2D eigenvalue weighted by Crippen LogP contribution is 2.33. The lowest BCUT2D eigenvalue weighted by molar-refractivity contribution is 0.946. The fourth-order valence-corrected chi connectivity index (χ4v) is 2.81. The zero-order valence-electron chi connectivity index (χ0n) is 10.3. The summed E-state index contributed by atoms with van der Waals surface area (Å²) in [6.07, 6.45) is 3.41. The van der Waals surface area contributed by atoms with E-state index in [-0.39, 0.29) is 11.4 Å². The minimum absolute atomic E-state index is 0.192. The second kappa shape index (κ2) is 4.86. The van der Waals surface area contributed by atoms with Crippen LogP contribution in [0.5, 0.6) is 0 Å². The first kappa shape index (κ1) is 12.5. The molecule has 0 radical (unpaired) electrons. The van der Waals surface area contributed by atoms with Crippen LogP contribution in [0.25, 0.3) is 10.8 Å². The van der Waals surface area contributed by atoms with Crippen molar-refractivity contribution in [2.45, 2.75) is 10.1 Å². The summed E-state index contributed by atoms with van der Waals surface area (Å²) in [6.45, 7) is 0. The third kappa shape index (κ3) is 2.30. The number of pyridine rings is 1. The van der Waals surface area contributed by atoms with Gasteiger partial charge in [0.15, 0.2) is 5.16 Å². The summed E-state index contributed by atoms with van der Waals surface area (Å²) in [5, 5.41) is 2.26. The van der Waals surface area contributed by atoms with Crippen LogP contribution in [0, 0.1) is 0 Å². The van der Waals surface area contributed by atoms with E-state index >= 15 is 0 Å². The van der Waals surface area contributed by atoms with Crippen molar-refractivity contribution in [2.24, 2.45) is 0 Å². The molecule has 2 heterocycles. The molecule has 0 saturated heterocycles. The molecule has 3 rings (SSSR count). The predicted molar refractivity (Wildman–Crippen MR) is 79.5 cm³/mol. The van der Waals surface area contributed by atoms with Crippen molar-refractivity contribution < 1.29 is 0 Å². The normalized spacial score (nSPS) is 10.8. The lowest BCUT2D eigenvalue weighted by atomic mass is 10.1. The molecule has 0 aliphatic carbocycles. The third-order valence-corrected chi connectivity index (χ3v) is 3.72. The van der Waals surface area contributed by atoms with Crippen molar-refractivity contribution in [3.63, 3.8) is 0 Å². The number of anilines is 2. The van der Waals surface area contributed by atoms with Crippen LogP contribution >= 0.6 is 11.8 Å². The maximum atomic E-state index is 11.4. The van der Waals surface area contributed by atoms with Gasteiger partial charge in [0, 0.05) is 39.8 Å². The van der Waals surface area contributed by atoms with E-state index in [0.29, 0.717) is 10.8 Å². The summed E-state index contributed by atoms with van der Waals surface area (Å²) >= 11 is 1.32. The van der Waals surface area contributed by atoms with Crippen molar-refractivity contribution in [3.05, 3.63) is 47.0 Å². The molecule has 3 aromatic rings. The predicted octanol–water partition coefficient (Wildman–Crippen LogP) is 1.63. The fraction of sp³-hybridized carbons (Fsp3) is 0. The SMILES string of the molecule is Nc1cc(=O)[nH]c(Sc2ccc(N)c3cnccc23)n1. The number of aromatic nitrogens is 3. The zero-order chi connectivity index (χ0) is 14.1. The van der Waals surface area contributed by atoms with Gasteiger partial charge < -0.3 is 16.5 Å². The number of nitrogens with zero attached hydrogens (tertiary/aromatic N) is 2. The molecule has 0 atom stereocenters. The molecule has 0 fully saturated rings. The van der Waals surface area contributed by atoms with Crippen LogP contribution in [0.4, 0.5) is 11.5 Å². The fourth-order valence-electron chi connectivity index (χ4n) is 1.88. The highest BCUT2D eigenvalue weighted by atomic mass is 32.2. The van der Waals surface area contributed by atoms with Gasteiger partial charge in [-0.25, -0.2) is 4.98 Å². The number of nitrogens with one attached hydrogen (secondary N) is 1.